The molecular formula is C15H31NO2. The van der Waals surface area contributed by atoms with Crippen molar-refractivity contribution in [3.8, 4) is 0 Å². The lowest BCUT2D eigenvalue weighted by Crippen LogP contribution is -2.47. The lowest BCUT2D eigenvalue weighted by Gasteiger charge is -2.29. The molecule has 3 heteroatoms. The second-order valence-corrected chi connectivity index (χ2v) is 7.16. The molecule has 1 saturated carbocycles. The molecule has 0 aromatic carbocycles. The van der Waals surface area contributed by atoms with E-state index in [9.17, 15) is 5.11 Å². The van der Waals surface area contributed by atoms with Gasteiger partial charge in [-0.05, 0) is 44.4 Å². The van der Waals surface area contributed by atoms with Crippen molar-refractivity contribution < 1.29 is 9.84 Å². The number of hydrogen-bond acceptors (Lipinski definition) is 3. The number of aliphatic hydroxyl groups excluding tert-OH is 1. The summed E-state index contributed by atoms with van der Waals surface area (Å²) in [6.07, 6.45) is 5.62. The van der Waals surface area contributed by atoms with Crippen LogP contribution in [0.5, 0.6) is 0 Å². The first-order chi connectivity index (χ1) is 8.35. The second kappa shape index (κ2) is 6.88. The number of nitrogens with one attached hydrogen (secondary N) is 1. The summed E-state index contributed by atoms with van der Waals surface area (Å²) in [6.45, 7) is 10.7. The third-order valence-electron chi connectivity index (χ3n) is 3.49. The Hall–Kier alpha value is -0.120. The first kappa shape index (κ1) is 15.9. The molecule has 0 saturated heterocycles. The zero-order valence-electron chi connectivity index (χ0n) is 12.6. The first-order valence-electron chi connectivity index (χ1n) is 7.31. The Bertz CT molecular complexity index is 233. The summed E-state index contributed by atoms with van der Waals surface area (Å²) in [7, 11) is 0. The van der Waals surface area contributed by atoms with E-state index in [0.29, 0.717) is 11.5 Å². The summed E-state index contributed by atoms with van der Waals surface area (Å²) in [5.41, 5.74) is 0.238. The van der Waals surface area contributed by atoms with Crippen molar-refractivity contribution >= 4 is 0 Å². The predicted octanol–water partition coefficient (Wildman–Crippen LogP) is 2.72. The molecule has 0 bridgehead atoms. The Balaban J connectivity index is 2.04. The molecule has 0 aromatic heterocycles. The van der Waals surface area contributed by atoms with Gasteiger partial charge in [-0.2, -0.15) is 0 Å². The molecule has 1 atom stereocenters. The van der Waals surface area contributed by atoms with Crippen LogP contribution in [0.1, 0.15) is 59.8 Å². The van der Waals surface area contributed by atoms with Crippen molar-refractivity contribution in [2.24, 2.45) is 5.41 Å². The molecule has 0 aliphatic heterocycles. The van der Waals surface area contributed by atoms with Gasteiger partial charge in [0.15, 0.2) is 0 Å². The largest absolute Gasteiger partial charge is 0.394 e. The van der Waals surface area contributed by atoms with E-state index in [2.05, 4.69) is 33.0 Å². The Morgan fingerprint density at radius 2 is 1.78 bits per heavy atom. The SMILES string of the molecule is CC(C)(C)CCOCCCC(C)(CO)NC1CC1. The standard InChI is InChI=1S/C15H31NO2/c1-14(2,3)9-11-18-10-5-8-15(4,12-17)16-13-6-7-13/h13,16-17H,5-12H2,1-4H3. The maximum atomic E-state index is 9.47. The molecule has 108 valence electrons. The normalized spacial score (nSPS) is 19.8. The van der Waals surface area contributed by atoms with Crippen LogP contribution in [-0.4, -0.2) is 36.5 Å². The van der Waals surface area contributed by atoms with Crippen LogP contribution in [0.15, 0.2) is 0 Å². The highest BCUT2D eigenvalue weighted by atomic mass is 16.5. The van der Waals surface area contributed by atoms with Crippen molar-refractivity contribution in [2.75, 3.05) is 19.8 Å². The van der Waals surface area contributed by atoms with E-state index in [4.69, 9.17) is 4.74 Å². The third-order valence-corrected chi connectivity index (χ3v) is 3.49. The van der Waals surface area contributed by atoms with E-state index in [1.165, 1.54) is 12.8 Å². The average molecular weight is 257 g/mol. The minimum Gasteiger partial charge on any atom is -0.394 e. The fourth-order valence-corrected chi connectivity index (χ4v) is 1.96. The van der Waals surface area contributed by atoms with Gasteiger partial charge in [0.2, 0.25) is 0 Å². The summed E-state index contributed by atoms with van der Waals surface area (Å²) >= 11 is 0. The molecule has 1 aliphatic rings. The zero-order valence-corrected chi connectivity index (χ0v) is 12.6. The fourth-order valence-electron chi connectivity index (χ4n) is 1.96. The molecule has 1 rings (SSSR count). The van der Waals surface area contributed by atoms with E-state index in [-0.39, 0.29) is 12.1 Å². The minimum atomic E-state index is -0.117. The van der Waals surface area contributed by atoms with Crippen LogP contribution in [0.2, 0.25) is 0 Å². The number of aliphatic hydroxyl groups is 1. The van der Waals surface area contributed by atoms with Gasteiger partial charge in [0.1, 0.15) is 0 Å². The topological polar surface area (TPSA) is 41.5 Å². The van der Waals surface area contributed by atoms with Crippen molar-refractivity contribution in [3.05, 3.63) is 0 Å². The third kappa shape index (κ3) is 7.34. The van der Waals surface area contributed by atoms with E-state index in [1.807, 2.05) is 0 Å². The molecule has 0 heterocycles. The quantitative estimate of drug-likeness (QED) is 0.624. The van der Waals surface area contributed by atoms with Gasteiger partial charge in [-0.15, -0.1) is 0 Å². The van der Waals surface area contributed by atoms with Crippen molar-refractivity contribution in [1.29, 1.82) is 0 Å². The van der Waals surface area contributed by atoms with Gasteiger partial charge in [-0.25, -0.2) is 0 Å². The van der Waals surface area contributed by atoms with E-state index in [1.54, 1.807) is 0 Å². The first-order valence-corrected chi connectivity index (χ1v) is 7.31. The van der Waals surface area contributed by atoms with Crippen LogP contribution < -0.4 is 5.32 Å². The van der Waals surface area contributed by atoms with Gasteiger partial charge in [-0.3, -0.25) is 0 Å². The van der Waals surface area contributed by atoms with Gasteiger partial charge < -0.3 is 15.2 Å². The Morgan fingerprint density at radius 1 is 1.11 bits per heavy atom. The van der Waals surface area contributed by atoms with Crippen LogP contribution in [-0.2, 0) is 4.74 Å². The molecule has 1 fully saturated rings. The molecular weight excluding hydrogens is 226 g/mol. The van der Waals surface area contributed by atoms with Crippen molar-refractivity contribution in [3.63, 3.8) is 0 Å². The summed E-state index contributed by atoms with van der Waals surface area (Å²) in [5.74, 6) is 0. The van der Waals surface area contributed by atoms with E-state index in [0.717, 1.165) is 32.5 Å². The Kier molecular flexibility index (Phi) is 6.09. The monoisotopic (exact) mass is 257 g/mol. The Labute approximate surface area is 112 Å². The lowest BCUT2D eigenvalue weighted by molar-refractivity contribution is 0.0920. The molecule has 18 heavy (non-hydrogen) atoms. The number of ether oxygens (including phenoxy) is 1. The molecule has 1 unspecified atom stereocenters. The summed E-state index contributed by atoms with van der Waals surface area (Å²) in [5, 5.41) is 13.0. The molecule has 2 N–H and O–H groups in total. The fraction of sp³-hybridized carbons (Fsp3) is 1.00. The number of hydrogen-bond donors (Lipinski definition) is 2. The van der Waals surface area contributed by atoms with Gasteiger partial charge in [0, 0.05) is 24.8 Å². The predicted molar refractivity (Wildman–Crippen MR) is 75.8 cm³/mol. The van der Waals surface area contributed by atoms with Crippen LogP contribution in [0, 0.1) is 5.41 Å². The van der Waals surface area contributed by atoms with Crippen molar-refractivity contribution in [1.82, 2.24) is 5.32 Å². The van der Waals surface area contributed by atoms with Gasteiger partial charge in [0.25, 0.3) is 0 Å². The molecule has 0 aromatic rings. The molecule has 0 amide bonds. The molecule has 1 aliphatic carbocycles. The van der Waals surface area contributed by atoms with Crippen LogP contribution in [0.25, 0.3) is 0 Å². The summed E-state index contributed by atoms with van der Waals surface area (Å²) in [6, 6.07) is 0.643. The van der Waals surface area contributed by atoms with Gasteiger partial charge >= 0.3 is 0 Å². The van der Waals surface area contributed by atoms with Gasteiger partial charge in [-0.1, -0.05) is 20.8 Å². The lowest BCUT2D eigenvalue weighted by atomic mass is 9.93. The summed E-state index contributed by atoms with van der Waals surface area (Å²) in [4.78, 5) is 0. The van der Waals surface area contributed by atoms with Crippen molar-refractivity contribution in [2.45, 2.75) is 71.4 Å². The minimum absolute atomic E-state index is 0.117. The molecule has 3 nitrogen and oxygen atoms in total. The average Bonchev–Trinajstić information content (AvgIpc) is 3.05. The smallest absolute Gasteiger partial charge is 0.0610 e. The maximum absolute atomic E-state index is 9.47. The van der Waals surface area contributed by atoms with E-state index < -0.39 is 0 Å². The van der Waals surface area contributed by atoms with Crippen LogP contribution in [0.4, 0.5) is 0 Å². The van der Waals surface area contributed by atoms with Gasteiger partial charge in [0.05, 0.1) is 6.61 Å². The van der Waals surface area contributed by atoms with Crippen LogP contribution >= 0.6 is 0 Å². The van der Waals surface area contributed by atoms with Crippen LogP contribution in [0.3, 0.4) is 0 Å². The zero-order chi connectivity index (χ0) is 13.6. The highest BCUT2D eigenvalue weighted by Gasteiger charge is 2.31. The molecule has 0 radical (unpaired) electrons. The highest BCUT2D eigenvalue weighted by Crippen LogP contribution is 2.24. The summed E-state index contributed by atoms with van der Waals surface area (Å²) < 4.78 is 5.66. The highest BCUT2D eigenvalue weighted by molar-refractivity contribution is 4.92. The van der Waals surface area contributed by atoms with E-state index >= 15 is 0 Å². The second-order valence-electron chi connectivity index (χ2n) is 7.16. The maximum Gasteiger partial charge on any atom is 0.0610 e. The molecule has 0 spiro atoms. The number of rotatable bonds is 9. The Morgan fingerprint density at radius 3 is 2.28 bits per heavy atom.